The molecule has 3 aromatic carbocycles. The second kappa shape index (κ2) is 13.9. The van der Waals surface area contributed by atoms with Gasteiger partial charge in [0.15, 0.2) is 5.78 Å². The molecule has 0 spiro atoms. The SMILES string of the molecule is Cc1ccc(N2C(=O)c3cc(n(C)c3C)-c3cc(Cl)ccc3C(=O)[C@H]3CCc4cccc(c4C3)OCCOCCOc3ncc2cn3)cc1. The summed E-state index contributed by atoms with van der Waals surface area (Å²) < 4.78 is 19.6. The zero-order valence-electron chi connectivity index (χ0n) is 27.7. The Morgan fingerprint density at radius 1 is 0.816 bits per heavy atom. The van der Waals surface area contributed by atoms with Gasteiger partial charge in [0.1, 0.15) is 19.0 Å². The minimum absolute atomic E-state index is 0.0408. The molecule has 0 saturated carbocycles. The maximum atomic E-state index is 14.6. The van der Waals surface area contributed by atoms with Crippen molar-refractivity contribution in [3.8, 4) is 23.0 Å². The monoisotopic (exact) mass is 676 g/mol. The van der Waals surface area contributed by atoms with Crippen LogP contribution in [0.2, 0.25) is 5.02 Å². The molecule has 0 fully saturated rings. The van der Waals surface area contributed by atoms with Crippen molar-refractivity contribution in [2.45, 2.75) is 33.1 Å². The Balaban J connectivity index is 1.33. The number of benzene rings is 3. The Morgan fingerprint density at radius 2 is 1.57 bits per heavy atom. The molecule has 0 radical (unpaired) electrons. The number of carbonyl (C=O) groups excluding carboxylic acids is 2. The Labute approximate surface area is 290 Å². The number of ketones is 1. The lowest BCUT2D eigenvalue weighted by atomic mass is 9.79. The van der Waals surface area contributed by atoms with Gasteiger partial charge in [0.2, 0.25) is 0 Å². The number of aromatic nitrogens is 3. The van der Waals surface area contributed by atoms with Crippen molar-refractivity contribution in [3.63, 3.8) is 0 Å². The number of rotatable bonds is 1. The average molecular weight is 677 g/mol. The van der Waals surface area contributed by atoms with E-state index in [1.807, 2.05) is 74.0 Å². The third-order valence-corrected chi connectivity index (χ3v) is 9.65. The molecule has 1 atom stereocenters. The number of hydrogen-bond donors (Lipinski definition) is 0. The quantitative estimate of drug-likeness (QED) is 0.170. The molecule has 1 aliphatic carbocycles. The number of ether oxygens (including phenoxy) is 3. The van der Waals surface area contributed by atoms with Crippen molar-refractivity contribution in [1.82, 2.24) is 14.5 Å². The zero-order chi connectivity index (χ0) is 34.1. The van der Waals surface area contributed by atoms with Gasteiger partial charge in [0, 0.05) is 46.2 Å². The van der Waals surface area contributed by atoms with Crippen LogP contribution in [-0.2, 0) is 24.6 Å². The summed E-state index contributed by atoms with van der Waals surface area (Å²) in [4.78, 5) is 39.4. The van der Waals surface area contributed by atoms with Crippen molar-refractivity contribution in [2.75, 3.05) is 31.3 Å². The normalized spacial score (nSPS) is 16.9. The van der Waals surface area contributed by atoms with Crippen LogP contribution in [-0.4, -0.2) is 52.7 Å². The van der Waals surface area contributed by atoms with Gasteiger partial charge in [-0.15, -0.1) is 0 Å². The molecular formula is C39H37ClN4O5. The standard InChI is InChI=1S/C39H37ClN4O5/c1-24-7-12-29(13-8-24)44-30-22-41-39(42-23-30)49-18-16-47-15-17-48-36-6-4-5-26-9-10-27(19-33(26)36)37(45)31-14-11-28(40)20-34(31)35-21-32(38(44)46)25(2)43(35)3/h4-8,11-14,20-23,27H,9-10,15-19H2,1-3H3/t27-/m0/s1. The van der Waals surface area contributed by atoms with Crippen LogP contribution in [0.4, 0.5) is 11.4 Å². The minimum Gasteiger partial charge on any atom is -0.491 e. The van der Waals surface area contributed by atoms with Gasteiger partial charge in [-0.25, -0.2) is 9.97 Å². The summed E-state index contributed by atoms with van der Waals surface area (Å²) in [6.45, 7) is 5.20. The lowest BCUT2D eigenvalue weighted by Gasteiger charge is -2.26. The first kappa shape index (κ1) is 32.6. The van der Waals surface area contributed by atoms with Crippen molar-refractivity contribution >= 4 is 34.7 Å². The Kier molecular flexibility index (Phi) is 9.21. The first-order valence-corrected chi connectivity index (χ1v) is 16.8. The van der Waals surface area contributed by atoms with E-state index in [0.29, 0.717) is 65.0 Å². The fourth-order valence-corrected chi connectivity index (χ4v) is 6.83. The summed E-state index contributed by atoms with van der Waals surface area (Å²) in [5, 5.41) is 0.503. The molecule has 0 N–H and O–H groups in total. The molecule has 9 nitrogen and oxygen atoms in total. The molecule has 2 aliphatic heterocycles. The number of hydrogen-bond acceptors (Lipinski definition) is 7. The van der Waals surface area contributed by atoms with Crippen molar-refractivity contribution in [1.29, 1.82) is 0 Å². The Bertz CT molecular complexity index is 2020. The topological polar surface area (TPSA) is 95.8 Å². The molecule has 8 rings (SSSR count). The molecule has 0 saturated heterocycles. The van der Waals surface area contributed by atoms with Gasteiger partial charge in [-0.1, -0.05) is 41.4 Å². The molecule has 49 heavy (non-hydrogen) atoms. The number of fused-ring (bicyclic) bond motifs is 9. The number of anilines is 2. The van der Waals surface area contributed by atoms with Gasteiger partial charge < -0.3 is 18.8 Å². The van der Waals surface area contributed by atoms with Crippen LogP contribution in [0, 0.1) is 19.8 Å². The van der Waals surface area contributed by atoms with E-state index in [9.17, 15) is 9.59 Å². The van der Waals surface area contributed by atoms with Gasteiger partial charge in [0.25, 0.3) is 5.91 Å². The van der Waals surface area contributed by atoms with Crippen molar-refractivity contribution < 1.29 is 23.8 Å². The number of Topliss-reactive ketones (excluding diaryl/α,β-unsaturated/α-hetero) is 1. The molecule has 5 aromatic rings. The molecular weight excluding hydrogens is 640 g/mol. The highest BCUT2D eigenvalue weighted by Crippen LogP contribution is 2.38. The first-order chi connectivity index (χ1) is 23.8. The molecule has 2 aromatic heterocycles. The van der Waals surface area contributed by atoms with Gasteiger partial charge >= 0.3 is 6.01 Å². The Hall–Kier alpha value is -4.99. The first-order valence-electron chi connectivity index (χ1n) is 16.5. The number of nitrogens with zero attached hydrogens (tertiary/aromatic N) is 4. The maximum Gasteiger partial charge on any atom is 0.316 e. The highest BCUT2D eigenvalue weighted by Gasteiger charge is 2.31. The van der Waals surface area contributed by atoms with E-state index >= 15 is 0 Å². The van der Waals surface area contributed by atoms with E-state index in [1.165, 1.54) is 5.56 Å². The molecule has 10 heteroatoms. The number of halogens is 1. The number of aryl methyl sites for hydroxylation is 2. The van der Waals surface area contributed by atoms with Crippen LogP contribution in [0.5, 0.6) is 11.8 Å². The highest BCUT2D eigenvalue weighted by atomic mass is 35.5. The predicted octanol–water partition coefficient (Wildman–Crippen LogP) is 7.51. The maximum absolute atomic E-state index is 14.6. The highest BCUT2D eigenvalue weighted by molar-refractivity contribution is 6.31. The average Bonchev–Trinajstić information content (AvgIpc) is 3.41. The lowest BCUT2D eigenvalue weighted by molar-refractivity contribution is 0.0736. The summed E-state index contributed by atoms with van der Waals surface area (Å²) in [7, 11) is 1.90. The van der Waals surface area contributed by atoms with E-state index in [2.05, 4.69) is 16.0 Å². The van der Waals surface area contributed by atoms with E-state index in [1.54, 1.807) is 29.4 Å². The van der Waals surface area contributed by atoms with Crippen molar-refractivity contribution in [2.24, 2.45) is 13.0 Å². The zero-order valence-corrected chi connectivity index (χ0v) is 28.5. The van der Waals surface area contributed by atoms with E-state index < -0.39 is 0 Å². The molecule has 3 aliphatic rings. The molecule has 1 amide bonds. The summed E-state index contributed by atoms with van der Waals surface area (Å²) in [6, 6.07) is 21.2. The second-order valence-corrected chi connectivity index (χ2v) is 12.9. The summed E-state index contributed by atoms with van der Waals surface area (Å²) in [5.74, 6) is 0.310. The van der Waals surface area contributed by atoms with Crippen LogP contribution in [0.3, 0.4) is 0 Å². The van der Waals surface area contributed by atoms with Crippen LogP contribution >= 0.6 is 11.6 Å². The van der Waals surface area contributed by atoms with E-state index in [-0.39, 0.29) is 30.2 Å². The van der Waals surface area contributed by atoms with Crippen LogP contribution in [0.25, 0.3) is 11.3 Å². The Morgan fingerprint density at radius 3 is 2.35 bits per heavy atom. The lowest BCUT2D eigenvalue weighted by Crippen LogP contribution is -2.26. The van der Waals surface area contributed by atoms with Gasteiger partial charge in [-0.3, -0.25) is 14.5 Å². The summed E-state index contributed by atoms with van der Waals surface area (Å²) in [6.07, 6.45) is 5.22. The smallest absolute Gasteiger partial charge is 0.316 e. The van der Waals surface area contributed by atoms with Crippen LogP contribution in [0.15, 0.2) is 79.1 Å². The van der Waals surface area contributed by atoms with E-state index in [0.717, 1.165) is 35.4 Å². The number of carbonyl (C=O) groups is 2. The number of amides is 1. The molecule has 250 valence electrons. The summed E-state index contributed by atoms with van der Waals surface area (Å²) >= 11 is 6.57. The molecule has 6 bridgehead atoms. The largest absolute Gasteiger partial charge is 0.491 e. The van der Waals surface area contributed by atoms with Gasteiger partial charge in [-0.05, 0) is 86.7 Å². The minimum atomic E-state index is -0.265. The van der Waals surface area contributed by atoms with Gasteiger partial charge in [-0.2, -0.15) is 0 Å². The molecule has 0 unspecified atom stereocenters. The fourth-order valence-electron chi connectivity index (χ4n) is 6.65. The third kappa shape index (κ3) is 6.56. The van der Waals surface area contributed by atoms with Gasteiger partial charge in [0.05, 0.1) is 36.9 Å². The fraction of sp³-hybridized carbons (Fsp3) is 0.282. The second-order valence-electron chi connectivity index (χ2n) is 12.5. The third-order valence-electron chi connectivity index (χ3n) is 9.41. The van der Waals surface area contributed by atoms with Crippen LogP contribution in [0.1, 0.15) is 49.5 Å². The molecule has 4 heterocycles. The van der Waals surface area contributed by atoms with Crippen molar-refractivity contribution in [3.05, 3.63) is 118 Å². The predicted molar refractivity (Wildman–Crippen MR) is 188 cm³/mol. The van der Waals surface area contributed by atoms with Crippen LogP contribution < -0.4 is 14.4 Å². The summed E-state index contributed by atoms with van der Waals surface area (Å²) in [5.41, 5.74) is 7.64. The van der Waals surface area contributed by atoms with E-state index in [4.69, 9.17) is 25.8 Å².